The number of carbonyl (C=O) groups is 1. The summed E-state index contributed by atoms with van der Waals surface area (Å²) in [4.78, 5) is 12.3. The SMILES string of the molecule is COC(=O)C1O[C@@H](OC)C(O)[C@@H](O)[C@H]1O[C@@H]1OC(CO[C@H]2C[C@@H](O)[C@@H](O)C(CO)O2)[C@H](O)[C@H](O)C1[NH3+]. The van der Waals surface area contributed by atoms with Crippen molar-refractivity contribution in [2.75, 3.05) is 27.4 Å². The van der Waals surface area contributed by atoms with Crippen molar-refractivity contribution >= 4 is 5.97 Å². The third-order valence-electron chi connectivity index (χ3n) is 6.49. The number of esters is 1. The van der Waals surface area contributed by atoms with E-state index in [9.17, 15) is 40.5 Å². The summed E-state index contributed by atoms with van der Waals surface area (Å²) in [6.45, 7) is -0.948. The van der Waals surface area contributed by atoms with E-state index in [-0.39, 0.29) is 13.0 Å². The molecule has 3 aliphatic heterocycles. The average Bonchev–Trinajstić information content (AvgIpc) is 2.87. The first-order chi connectivity index (χ1) is 17.0. The van der Waals surface area contributed by atoms with Crippen molar-refractivity contribution in [3.63, 3.8) is 0 Å². The molecule has 3 saturated heterocycles. The molecule has 3 heterocycles. The molecular formula is C20H36NO15+. The Labute approximate surface area is 206 Å². The van der Waals surface area contributed by atoms with Gasteiger partial charge in [-0.15, -0.1) is 0 Å². The van der Waals surface area contributed by atoms with Crippen LogP contribution in [0, 0.1) is 0 Å². The normalized spacial score (nSPS) is 47.9. The summed E-state index contributed by atoms with van der Waals surface area (Å²) in [6.07, 6.45) is -18.2. The highest BCUT2D eigenvalue weighted by Crippen LogP contribution is 2.30. The molecule has 0 aromatic carbocycles. The van der Waals surface area contributed by atoms with E-state index in [1.807, 2.05) is 0 Å². The largest absolute Gasteiger partial charge is 0.467 e. The summed E-state index contributed by atoms with van der Waals surface area (Å²) in [5.41, 5.74) is 3.72. The Morgan fingerprint density at radius 3 is 2.19 bits per heavy atom. The van der Waals surface area contributed by atoms with Crippen LogP contribution in [0.2, 0.25) is 0 Å². The van der Waals surface area contributed by atoms with Crippen LogP contribution >= 0.6 is 0 Å². The Morgan fingerprint density at radius 1 is 0.889 bits per heavy atom. The molecule has 0 aromatic heterocycles. The number of methoxy groups -OCH3 is 2. The number of hydrogen-bond donors (Lipinski definition) is 8. The summed E-state index contributed by atoms with van der Waals surface area (Å²) in [7, 11) is 2.29. The Morgan fingerprint density at radius 2 is 1.58 bits per heavy atom. The number of aliphatic hydroxyl groups excluding tert-OH is 7. The predicted octanol–water partition coefficient (Wildman–Crippen LogP) is -6.46. The van der Waals surface area contributed by atoms with E-state index >= 15 is 0 Å². The smallest absolute Gasteiger partial charge is 0.337 e. The van der Waals surface area contributed by atoms with Gasteiger partial charge in [0.05, 0.1) is 26.4 Å². The molecule has 0 aliphatic carbocycles. The summed E-state index contributed by atoms with van der Waals surface area (Å²) < 4.78 is 37.3. The molecule has 3 rings (SSSR count). The fraction of sp³-hybridized carbons (Fsp3) is 0.950. The lowest BCUT2D eigenvalue weighted by atomic mass is 9.96. The molecule has 0 aromatic rings. The highest BCUT2D eigenvalue weighted by Gasteiger charge is 2.53. The van der Waals surface area contributed by atoms with E-state index in [0.717, 1.165) is 7.11 Å². The van der Waals surface area contributed by atoms with Crippen molar-refractivity contribution < 1.29 is 79.4 Å². The molecule has 16 heteroatoms. The lowest BCUT2D eigenvalue weighted by Gasteiger charge is -2.45. The van der Waals surface area contributed by atoms with Crippen molar-refractivity contribution in [3.05, 3.63) is 0 Å². The van der Waals surface area contributed by atoms with Gasteiger partial charge >= 0.3 is 5.97 Å². The molecule has 0 spiro atoms. The van der Waals surface area contributed by atoms with Crippen LogP contribution in [0.1, 0.15) is 6.42 Å². The minimum absolute atomic E-state index is 0.133. The minimum Gasteiger partial charge on any atom is -0.467 e. The van der Waals surface area contributed by atoms with E-state index < -0.39 is 98.5 Å². The highest BCUT2D eigenvalue weighted by atomic mass is 16.7. The van der Waals surface area contributed by atoms with Crippen LogP contribution in [0.3, 0.4) is 0 Å². The van der Waals surface area contributed by atoms with Gasteiger partial charge in [0.1, 0.15) is 48.8 Å². The maximum atomic E-state index is 12.3. The van der Waals surface area contributed by atoms with Crippen molar-refractivity contribution in [2.45, 2.75) is 92.4 Å². The third kappa shape index (κ3) is 6.13. The zero-order valence-electron chi connectivity index (χ0n) is 19.8. The Kier molecular flexibility index (Phi) is 10.3. The third-order valence-corrected chi connectivity index (χ3v) is 6.49. The van der Waals surface area contributed by atoms with Gasteiger partial charge in [0, 0.05) is 13.5 Å². The van der Waals surface area contributed by atoms with E-state index in [1.54, 1.807) is 0 Å². The van der Waals surface area contributed by atoms with Gasteiger partial charge in [-0.25, -0.2) is 4.79 Å². The second-order valence-corrected chi connectivity index (χ2v) is 8.87. The van der Waals surface area contributed by atoms with E-state index in [1.165, 1.54) is 7.11 Å². The lowest BCUT2D eigenvalue weighted by Crippen LogP contribution is -2.79. The quantitative estimate of drug-likeness (QED) is 0.136. The summed E-state index contributed by atoms with van der Waals surface area (Å²) >= 11 is 0. The molecule has 210 valence electrons. The number of ether oxygens (including phenoxy) is 7. The van der Waals surface area contributed by atoms with E-state index in [0.29, 0.717) is 0 Å². The van der Waals surface area contributed by atoms with Crippen LogP contribution in [0.5, 0.6) is 0 Å². The Bertz CT molecular complexity index is 717. The molecule has 5 unspecified atom stereocenters. The number of quaternary nitrogens is 1. The van der Waals surface area contributed by atoms with Crippen LogP contribution in [-0.2, 0) is 38.0 Å². The van der Waals surface area contributed by atoms with Crippen molar-refractivity contribution in [3.8, 4) is 0 Å². The van der Waals surface area contributed by atoms with Gasteiger partial charge in [-0.3, -0.25) is 0 Å². The first kappa shape index (κ1) is 29.5. The monoisotopic (exact) mass is 530 g/mol. The van der Waals surface area contributed by atoms with Gasteiger partial charge in [0.2, 0.25) is 6.29 Å². The van der Waals surface area contributed by atoms with Gasteiger partial charge < -0.3 is 74.6 Å². The van der Waals surface area contributed by atoms with Crippen molar-refractivity contribution in [2.24, 2.45) is 0 Å². The first-order valence-electron chi connectivity index (χ1n) is 11.4. The Balaban J connectivity index is 1.69. The van der Waals surface area contributed by atoms with Gasteiger partial charge in [-0.1, -0.05) is 0 Å². The van der Waals surface area contributed by atoms with Crippen LogP contribution in [0.4, 0.5) is 0 Å². The summed E-state index contributed by atoms with van der Waals surface area (Å²) in [6, 6.07) is -1.11. The fourth-order valence-electron chi connectivity index (χ4n) is 4.28. The molecule has 3 aliphatic rings. The van der Waals surface area contributed by atoms with Crippen LogP contribution in [-0.4, -0.2) is 155 Å². The second kappa shape index (κ2) is 12.6. The molecule has 3 fully saturated rings. The van der Waals surface area contributed by atoms with Crippen LogP contribution < -0.4 is 5.73 Å². The number of aliphatic hydroxyl groups is 7. The number of rotatable bonds is 8. The van der Waals surface area contributed by atoms with Gasteiger partial charge in [0.25, 0.3) is 0 Å². The maximum absolute atomic E-state index is 12.3. The standard InChI is InChI=1S/C20H35NO15/c1-30-18(29)17-16(14(27)15(28)20(31-2)36-17)35-19-10(21)13(26)12(25)8(34-19)5-32-9-3-6(23)11(24)7(4-22)33-9/h6-17,19-20,22-28H,3-5,21H2,1-2H3/p+1/t6-,7?,8?,9-,10?,11-,12+,13-,14-,15?,16-,17?,19+,20-/m1/s1. The van der Waals surface area contributed by atoms with Gasteiger partial charge in [-0.05, 0) is 0 Å². The van der Waals surface area contributed by atoms with Gasteiger partial charge in [0.15, 0.2) is 24.7 Å². The fourth-order valence-corrected chi connectivity index (χ4v) is 4.28. The number of hydrogen-bond acceptors (Lipinski definition) is 15. The average molecular weight is 531 g/mol. The molecular weight excluding hydrogens is 494 g/mol. The van der Waals surface area contributed by atoms with Gasteiger partial charge in [-0.2, -0.15) is 0 Å². The second-order valence-electron chi connectivity index (χ2n) is 8.87. The van der Waals surface area contributed by atoms with Crippen LogP contribution in [0.25, 0.3) is 0 Å². The van der Waals surface area contributed by atoms with Crippen molar-refractivity contribution in [1.29, 1.82) is 0 Å². The summed E-state index contributed by atoms with van der Waals surface area (Å²) in [5, 5.41) is 70.9. The van der Waals surface area contributed by atoms with E-state index in [4.69, 9.17) is 28.4 Å². The molecule has 16 nitrogen and oxygen atoms in total. The number of carbonyl (C=O) groups excluding carboxylic acids is 1. The van der Waals surface area contributed by atoms with Crippen LogP contribution in [0.15, 0.2) is 0 Å². The molecule has 14 atom stereocenters. The minimum atomic E-state index is -1.69. The molecule has 0 bridgehead atoms. The van der Waals surface area contributed by atoms with E-state index in [2.05, 4.69) is 10.5 Å². The summed E-state index contributed by atoms with van der Waals surface area (Å²) in [5.74, 6) is -0.932. The topological polar surface area (TPSA) is 251 Å². The lowest BCUT2D eigenvalue weighted by molar-refractivity contribution is -0.507. The predicted molar refractivity (Wildman–Crippen MR) is 110 cm³/mol. The molecule has 0 radical (unpaired) electrons. The molecule has 0 amide bonds. The molecule has 0 saturated carbocycles. The maximum Gasteiger partial charge on any atom is 0.337 e. The molecule has 10 N–H and O–H groups in total. The Hall–Kier alpha value is -1.09. The molecule has 36 heavy (non-hydrogen) atoms. The van der Waals surface area contributed by atoms with Crippen molar-refractivity contribution in [1.82, 2.24) is 0 Å². The zero-order valence-corrected chi connectivity index (χ0v) is 19.8. The zero-order chi connectivity index (χ0) is 26.7. The highest BCUT2D eigenvalue weighted by molar-refractivity contribution is 5.75. The first-order valence-corrected chi connectivity index (χ1v) is 11.4.